The van der Waals surface area contributed by atoms with Crippen molar-refractivity contribution in [3.8, 4) is 0 Å². The van der Waals surface area contributed by atoms with Crippen molar-refractivity contribution in [3.63, 3.8) is 0 Å². The van der Waals surface area contributed by atoms with Gasteiger partial charge in [-0.25, -0.2) is 13.1 Å². The minimum absolute atomic E-state index is 0.0138. The summed E-state index contributed by atoms with van der Waals surface area (Å²) in [6, 6.07) is 0.0138. The molecule has 0 amide bonds. The molecular weight excluding hydrogens is 266 g/mol. The first kappa shape index (κ1) is 14.5. The molecule has 2 N–H and O–H groups in total. The fourth-order valence-corrected chi connectivity index (χ4v) is 3.80. The van der Waals surface area contributed by atoms with Gasteiger partial charge in [-0.1, -0.05) is 19.8 Å². The summed E-state index contributed by atoms with van der Waals surface area (Å²) >= 11 is 0. The molecule has 0 saturated heterocycles. The Kier molecular flexibility index (Phi) is 4.59. The highest BCUT2D eigenvalue weighted by Gasteiger charge is 2.27. The molecule has 1 saturated carbocycles. The number of hydrogen-bond donors (Lipinski definition) is 2. The Balaban J connectivity index is 2.08. The molecule has 2 unspecified atom stereocenters. The van der Waals surface area contributed by atoms with E-state index in [1.165, 1.54) is 23.5 Å². The molecule has 108 valence electrons. The van der Waals surface area contributed by atoms with Crippen molar-refractivity contribution < 1.29 is 13.5 Å². The van der Waals surface area contributed by atoms with Crippen molar-refractivity contribution in [2.45, 2.75) is 50.1 Å². The highest BCUT2D eigenvalue weighted by Crippen LogP contribution is 2.25. The summed E-state index contributed by atoms with van der Waals surface area (Å²) in [4.78, 5) is 0.165. The third-order valence-corrected chi connectivity index (χ3v) is 5.11. The van der Waals surface area contributed by atoms with E-state index in [0.29, 0.717) is 12.5 Å². The Morgan fingerprint density at radius 3 is 2.89 bits per heavy atom. The van der Waals surface area contributed by atoms with Gasteiger partial charge in [0, 0.05) is 12.2 Å². The molecule has 7 heteroatoms. The molecule has 1 aliphatic carbocycles. The summed E-state index contributed by atoms with van der Waals surface area (Å²) in [5.41, 5.74) is 0. The molecule has 1 aromatic rings. The van der Waals surface area contributed by atoms with Gasteiger partial charge in [0.1, 0.15) is 4.90 Å². The van der Waals surface area contributed by atoms with Crippen LogP contribution in [0.25, 0.3) is 0 Å². The summed E-state index contributed by atoms with van der Waals surface area (Å²) in [5, 5.41) is 12.7. The van der Waals surface area contributed by atoms with E-state index in [0.717, 1.165) is 19.3 Å². The van der Waals surface area contributed by atoms with E-state index in [1.54, 1.807) is 0 Å². The van der Waals surface area contributed by atoms with Crippen molar-refractivity contribution >= 4 is 10.0 Å². The SMILES string of the molecule is CC1CCCCC1NS(=O)(=O)c1cnn(CCO)c1. The van der Waals surface area contributed by atoms with Crippen molar-refractivity contribution in [2.75, 3.05) is 6.61 Å². The zero-order chi connectivity index (χ0) is 13.9. The molecule has 1 aromatic heterocycles. The van der Waals surface area contributed by atoms with Gasteiger partial charge in [-0.15, -0.1) is 0 Å². The van der Waals surface area contributed by atoms with Crippen LogP contribution in [0.5, 0.6) is 0 Å². The lowest BCUT2D eigenvalue weighted by molar-refractivity contribution is 0.269. The van der Waals surface area contributed by atoms with E-state index in [4.69, 9.17) is 5.11 Å². The van der Waals surface area contributed by atoms with Crippen LogP contribution >= 0.6 is 0 Å². The molecule has 0 aliphatic heterocycles. The predicted molar refractivity (Wildman–Crippen MR) is 71.1 cm³/mol. The summed E-state index contributed by atoms with van der Waals surface area (Å²) in [7, 11) is -3.51. The van der Waals surface area contributed by atoms with Crippen molar-refractivity contribution in [1.82, 2.24) is 14.5 Å². The maximum Gasteiger partial charge on any atom is 0.243 e. The number of aromatic nitrogens is 2. The number of nitrogens with one attached hydrogen (secondary N) is 1. The molecule has 2 rings (SSSR count). The average molecular weight is 287 g/mol. The van der Waals surface area contributed by atoms with E-state index in [-0.39, 0.29) is 17.5 Å². The molecule has 1 heterocycles. The second-order valence-electron chi connectivity index (χ2n) is 5.15. The van der Waals surface area contributed by atoms with Gasteiger partial charge in [0.25, 0.3) is 0 Å². The van der Waals surface area contributed by atoms with Gasteiger partial charge in [-0.3, -0.25) is 4.68 Å². The highest BCUT2D eigenvalue weighted by molar-refractivity contribution is 7.89. The number of aliphatic hydroxyl groups is 1. The van der Waals surface area contributed by atoms with Crippen molar-refractivity contribution in [2.24, 2.45) is 5.92 Å². The van der Waals surface area contributed by atoms with Gasteiger partial charge >= 0.3 is 0 Å². The fraction of sp³-hybridized carbons (Fsp3) is 0.750. The molecule has 19 heavy (non-hydrogen) atoms. The maximum atomic E-state index is 12.2. The predicted octanol–water partition coefficient (Wildman–Crippen LogP) is 0.732. The summed E-state index contributed by atoms with van der Waals surface area (Å²) < 4.78 is 28.7. The van der Waals surface area contributed by atoms with E-state index in [2.05, 4.69) is 16.7 Å². The Morgan fingerprint density at radius 1 is 1.47 bits per heavy atom. The molecule has 0 radical (unpaired) electrons. The molecule has 0 bridgehead atoms. The van der Waals surface area contributed by atoms with Gasteiger partial charge in [-0.05, 0) is 18.8 Å². The lowest BCUT2D eigenvalue weighted by atomic mass is 9.87. The van der Waals surface area contributed by atoms with Crippen LogP contribution in [0.1, 0.15) is 32.6 Å². The zero-order valence-corrected chi connectivity index (χ0v) is 11.9. The lowest BCUT2D eigenvalue weighted by Crippen LogP contribution is -2.40. The monoisotopic (exact) mass is 287 g/mol. The van der Waals surface area contributed by atoms with Crippen LogP contribution in [0.15, 0.2) is 17.3 Å². The van der Waals surface area contributed by atoms with Crippen LogP contribution in [0.3, 0.4) is 0 Å². The average Bonchev–Trinajstić information content (AvgIpc) is 2.82. The quantitative estimate of drug-likeness (QED) is 0.836. The van der Waals surface area contributed by atoms with Crippen molar-refractivity contribution in [3.05, 3.63) is 12.4 Å². The zero-order valence-electron chi connectivity index (χ0n) is 11.1. The highest BCUT2D eigenvalue weighted by atomic mass is 32.2. The Labute approximate surface area is 113 Å². The van der Waals surface area contributed by atoms with Crippen LogP contribution in [0, 0.1) is 5.92 Å². The van der Waals surface area contributed by atoms with E-state index < -0.39 is 10.0 Å². The van der Waals surface area contributed by atoms with Crippen LogP contribution in [0.4, 0.5) is 0 Å². The Bertz CT molecular complexity index is 512. The molecule has 0 aromatic carbocycles. The lowest BCUT2D eigenvalue weighted by Gasteiger charge is -2.28. The molecule has 0 spiro atoms. The first-order valence-electron chi connectivity index (χ1n) is 6.68. The second-order valence-corrected chi connectivity index (χ2v) is 6.87. The summed E-state index contributed by atoms with van der Waals surface area (Å²) in [6.07, 6.45) is 6.98. The first-order chi connectivity index (χ1) is 9.03. The van der Waals surface area contributed by atoms with Gasteiger partial charge in [0.2, 0.25) is 10.0 Å². The Hall–Kier alpha value is -0.920. The van der Waals surface area contributed by atoms with Gasteiger partial charge in [-0.2, -0.15) is 5.10 Å². The third kappa shape index (κ3) is 3.55. The van der Waals surface area contributed by atoms with E-state index in [9.17, 15) is 8.42 Å². The van der Waals surface area contributed by atoms with Crippen LogP contribution < -0.4 is 4.72 Å². The van der Waals surface area contributed by atoms with Crippen LogP contribution in [-0.4, -0.2) is 36.0 Å². The normalized spacial score (nSPS) is 24.5. The van der Waals surface area contributed by atoms with Gasteiger partial charge in [0.15, 0.2) is 0 Å². The first-order valence-corrected chi connectivity index (χ1v) is 8.17. The molecule has 1 aliphatic rings. The standard InChI is InChI=1S/C12H21N3O3S/c1-10-4-2-3-5-12(10)14-19(17,18)11-8-13-15(9-11)6-7-16/h8-10,12,14,16H,2-7H2,1H3. The minimum Gasteiger partial charge on any atom is -0.394 e. The number of rotatable bonds is 5. The number of hydrogen-bond acceptors (Lipinski definition) is 4. The van der Waals surface area contributed by atoms with Crippen LogP contribution in [0.2, 0.25) is 0 Å². The molecule has 1 fully saturated rings. The van der Waals surface area contributed by atoms with Gasteiger partial charge in [0.05, 0.1) is 19.3 Å². The number of nitrogens with zero attached hydrogens (tertiary/aromatic N) is 2. The minimum atomic E-state index is -3.51. The Morgan fingerprint density at radius 2 is 2.21 bits per heavy atom. The summed E-state index contributed by atoms with van der Waals surface area (Å²) in [5.74, 6) is 0.371. The molecular formula is C12H21N3O3S. The van der Waals surface area contributed by atoms with Crippen molar-refractivity contribution in [1.29, 1.82) is 0 Å². The fourth-order valence-electron chi connectivity index (χ4n) is 2.47. The van der Waals surface area contributed by atoms with E-state index >= 15 is 0 Å². The number of aliphatic hydroxyl groups excluding tert-OH is 1. The van der Waals surface area contributed by atoms with E-state index in [1.807, 2.05) is 0 Å². The number of sulfonamides is 1. The topological polar surface area (TPSA) is 84.2 Å². The second kappa shape index (κ2) is 6.02. The van der Waals surface area contributed by atoms with Gasteiger partial charge < -0.3 is 5.11 Å². The smallest absolute Gasteiger partial charge is 0.243 e. The molecule has 2 atom stereocenters. The largest absolute Gasteiger partial charge is 0.394 e. The van der Waals surface area contributed by atoms with Crippen LogP contribution in [-0.2, 0) is 16.6 Å². The summed E-state index contributed by atoms with van der Waals surface area (Å²) in [6.45, 7) is 2.32. The maximum absolute atomic E-state index is 12.2. The molecule has 6 nitrogen and oxygen atoms in total. The third-order valence-electron chi connectivity index (χ3n) is 3.67.